The molecule has 3 aliphatic rings. The molecule has 0 saturated carbocycles. The minimum Gasteiger partial charge on any atom is -0.481 e. The maximum absolute atomic E-state index is 13.3. The fourth-order valence-corrected chi connectivity index (χ4v) is 9.85. The summed E-state index contributed by atoms with van der Waals surface area (Å²) in [5.74, 6) is -6.75. The van der Waals surface area contributed by atoms with Crippen LogP contribution in [-0.4, -0.2) is 179 Å². The van der Waals surface area contributed by atoms with Crippen LogP contribution >= 0.6 is 0 Å². The van der Waals surface area contributed by atoms with Gasteiger partial charge in [0.1, 0.15) is 18.1 Å². The minimum atomic E-state index is -2.28. The van der Waals surface area contributed by atoms with Crippen LogP contribution in [0, 0.1) is 17.8 Å². The van der Waals surface area contributed by atoms with E-state index in [0.29, 0.717) is 12.0 Å². The number of ketones is 1. The van der Waals surface area contributed by atoms with Gasteiger partial charge in [0, 0.05) is 49.9 Å². The van der Waals surface area contributed by atoms with Crippen LogP contribution in [0.1, 0.15) is 108 Å². The second-order valence-corrected chi connectivity index (χ2v) is 21.0. The lowest BCUT2D eigenvalue weighted by molar-refractivity contribution is -0.305. The molecule has 1 aromatic rings. The number of carbonyl (C=O) groups excluding carboxylic acids is 2. The maximum Gasteiger partial charge on any atom is 0.311 e. The van der Waals surface area contributed by atoms with Gasteiger partial charge in [0.05, 0.1) is 80.1 Å². The van der Waals surface area contributed by atoms with E-state index in [2.05, 4.69) is 5.32 Å². The summed E-state index contributed by atoms with van der Waals surface area (Å²) in [6, 6.07) is 5.84. The Morgan fingerprint density at radius 3 is 1.91 bits per heavy atom. The summed E-state index contributed by atoms with van der Waals surface area (Å²) in [7, 11) is 1.78. The van der Waals surface area contributed by atoms with Gasteiger partial charge in [-0.05, 0) is 81.5 Å². The predicted molar refractivity (Wildman–Crippen MR) is 290 cm³/mol. The number of anilines is 1. The van der Waals surface area contributed by atoms with Crippen molar-refractivity contribution >= 4 is 23.4 Å². The number of hydrogen-bond donors (Lipinski definition) is 13. The highest BCUT2D eigenvalue weighted by Gasteiger charge is 2.50. The van der Waals surface area contributed by atoms with Crippen molar-refractivity contribution < 1.29 is 89.5 Å². The number of carboxylic acid groups (broad SMARTS) is 1. The molecule has 1 aromatic carbocycles. The van der Waals surface area contributed by atoms with Crippen LogP contribution in [0.3, 0.4) is 0 Å². The Morgan fingerprint density at radius 1 is 0.756 bits per heavy atom. The molecule has 3 heterocycles. The van der Waals surface area contributed by atoms with Gasteiger partial charge in [0.15, 0.2) is 17.9 Å². The van der Waals surface area contributed by atoms with Gasteiger partial charge in [-0.15, -0.1) is 0 Å². The number of carbonyl (C=O) groups is 3. The Morgan fingerprint density at radius 2 is 1.32 bits per heavy atom. The molecule has 0 aromatic heterocycles. The van der Waals surface area contributed by atoms with E-state index in [9.17, 15) is 70.6 Å². The molecule has 14 N–H and O–H groups in total. The van der Waals surface area contributed by atoms with E-state index in [1.54, 1.807) is 98.1 Å². The number of nitrogens with one attached hydrogen (secondary N) is 1. The van der Waals surface area contributed by atoms with Gasteiger partial charge >= 0.3 is 11.9 Å². The summed E-state index contributed by atoms with van der Waals surface area (Å²) in [4.78, 5) is 38.7. The first-order valence-electron chi connectivity index (χ1n) is 27.0. The fourth-order valence-electron chi connectivity index (χ4n) is 9.85. The van der Waals surface area contributed by atoms with Crippen molar-refractivity contribution in [1.29, 1.82) is 0 Å². The van der Waals surface area contributed by atoms with Crippen molar-refractivity contribution in [2.45, 2.75) is 189 Å². The Labute approximate surface area is 457 Å². The first-order valence-corrected chi connectivity index (χ1v) is 27.0. The van der Waals surface area contributed by atoms with E-state index >= 15 is 0 Å². The first-order chi connectivity index (χ1) is 37.1. The maximum atomic E-state index is 13.3. The summed E-state index contributed by atoms with van der Waals surface area (Å²) in [5, 5.41) is 122. The molecule has 3 aliphatic heterocycles. The highest BCUT2D eigenvalue weighted by Crippen LogP contribution is 2.38. The number of fused-ring (bicyclic) bond motifs is 2. The van der Waals surface area contributed by atoms with Gasteiger partial charge in [-0.25, -0.2) is 0 Å². The molecule has 18 atom stereocenters. The molecule has 2 saturated heterocycles. The van der Waals surface area contributed by atoms with E-state index in [1.807, 2.05) is 26.0 Å². The van der Waals surface area contributed by atoms with Gasteiger partial charge < -0.3 is 86.2 Å². The number of carboxylic acids is 1. The molecule has 0 aliphatic carbocycles. The molecule has 0 spiro atoms. The average molecular weight is 1100 g/mol. The lowest BCUT2D eigenvalue weighted by Gasteiger charge is -2.45. The van der Waals surface area contributed by atoms with E-state index in [0.717, 1.165) is 5.69 Å². The van der Waals surface area contributed by atoms with Crippen LogP contribution in [0.5, 0.6) is 0 Å². The van der Waals surface area contributed by atoms with Crippen LogP contribution in [0.25, 0.3) is 0 Å². The predicted octanol–water partition coefficient (Wildman–Crippen LogP) is 3.18. The Hall–Kier alpha value is -4.75. The fraction of sp³-hybridized carbons (Fsp3) is 0.603. The molecule has 2 bridgehead atoms. The minimum absolute atomic E-state index is 0.0778. The van der Waals surface area contributed by atoms with Crippen LogP contribution in [0.15, 0.2) is 109 Å². The standard InChI is InChI=1S/C58H86N2O18/c1-36-17-14-12-10-8-6-4-5-7-9-11-13-15-20-46(76-57-54(71)53(59)49(69)35-75-57)32-50-52(56(72)73)48(68)34-58(74,78-50)33-45(66)29-43(64)27-40(61)18-16-19-41(62)28-44(65)31-51(70)77-55(36)37(2)21-26-42(63)30-47(67)38-22-24-39(60-3)25-23-38/h4-15,17,20,22-25,36-37,40-46,48-50,52-55,57,60-66,68-69,71,74H,16,18-19,21,26-35,59H2,1-3H3,(H,72,73)/b5-4-,8-6-,9-7+,12-10+,13-11+,17-14+,20-15+/t36?,37?,40?,41?,42?,43?,44?,45?,46?,48?,49-,50+,52?,53+,54-,55?,57?,58?/m1/s1. The van der Waals surface area contributed by atoms with Gasteiger partial charge in [-0.2, -0.15) is 0 Å². The molecular weight excluding hydrogens is 1010 g/mol. The number of esters is 1. The molecular formula is C58H86N2O18. The van der Waals surface area contributed by atoms with Crippen LogP contribution in [0.4, 0.5) is 5.69 Å². The van der Waals surface area contributed by atoms with Crippen LogP contribution in [-0.2, 0) is 28.5 Å². The number of ether oxygens (including phenoxy) is 4. The third-order valence-corrected chi connectivity index (χ3v) is 14.2. The number of Topliss-reactive ketones (excluding diaryl/α,β-unsaturated/α-hetero) is 1. The zero-order chi connectivity index (χ0) is 57.4. The summed E-state index contributed by atoms with van der Waals surface area (Å²) in [6.45, 7) is 3.51. The molecule has 20 nitrogen and oxygen atoms in total. The number of aliphatic hydroxyl groups excluding tert-OH is 9. The Bertz CT molecular complexity index is 2180. The van der Waals surface area contributed by atoms with Crippen LogP contribution < -0.4 is 11.1 Å². The largest absolute Gasteiger partial charge is 0.481 e. The molecule has 2 fully saturated rings. The summed E-state index contributed by atoms with van der Waals surface area (Å²) in [6.07, 6.45) is 7.04. The number of benzene rings is 1. The smallest absolute Gasteiger partial charge is 0.311 e. The lowest BCUT2D eigenvalue weighted by Crippen LogP contribution is -2.59. The molecule has 4 rings (SSSR count). The summed E-state index contributed by atoms with van der Waals surface area (Å²) >= 11 is 0. The number of aliphatic hydroxyl groups is 10. The molecule has 14 unspecified atom stereocenters. The second kappa shape index (κ2) is 33.7. The topological polar surface area (TPSA) is 349 Å². The quantitative estimate of drug-likeness (QED) is 0.112. The Kier molecular flexibility index (Phi) is 28.5. The number of rotatable bonds is 11. The lowest BCUT2D eigenvalue weighted by atomic mass is 9.82. The van der Waals surface area contributed by atoms with Crippen LogP contribution in [0.2, 0.25) is 0 Å². The first kappa shape index (κ1) is 65.8. The summed E-state index contributed by atoms with van der Waals surface area (Å²) in [5.41, 5.74) is 7.30. The Balaban J connectivity index is 1.51. The third kappa shape index (κ3) is 23.1. The van der Waals surface area contributed by atoms with E-state index in [-0.39, 0.29) is 82.0 Å². The highest BCUT2D eigenvalue weighted by molar-refractivity contribution is 5.96. The molecule has 436 valence electrons. The number of allylic oxidation sites excluding steroid dienone is 12. The number of aliphatic carboxylic acids is 1. The number of hydrogen-bond acceptors (Lipinski definition) is 19. The SMILES string of the molecule is CNc1ccc(C(=O)CC(O)CCC(C)C2OC(=O)CC(O)CC(O)CCCC(O)CC(O)CC(O)CC3(O)CC(O)C(C(=O)O)[C@H](CC(OC4OC[C@@H](O)[C@H](N)[C@H]4O)/C=C/C=C/C=C/C=C\C=C/C=C/C=C/C2C)O3)cc1. The summed E-state index contributed by atoms with van der Waals surface area (Å²) < 4.78 is 23.5. The van der Waals surface area contributed by atoms with Crippen molar-refractivity contribution in [3.63, 3.8) is 0 Å². The van der Waals surface area contributed by atoms with Crippen molar-refractivity contribution in [2.24, 2.45) is 23.5 Å². The van der Waals surface area contributed by atoms with Gasteiger partial charge in [0.2, 0.25) is 0 Å². The van der Waals surface area contributed by atoms with Crippen molar-refractivity contribution in [3.05, 3.63) is 115 Å². The number of nitrogens with two attached hydrogens (primary N) is 1. The monoisotopic (exact) mass is 1100 g/mol. The van der Waals surface area contributed by atoms with Crippen molar-refractivity contribution in [3.8, 4) is 0 Å². The molecule has 78 heavy (non-hydrogen) atoms. The van der Waals surface area contributed by atoms with E-state index < -0.39 is 128 Å². The van der Waals surface area contributed by atoms with E-state index in [4.69, 9.17) is 24.7 Å². The normalized spacial score (nSPS) is 37.7. The molecule has 0 amide bonds. The van der Waals surface area contributed by atoms with Gasteiger partial charge in [0.25, 0.3) is 0 Å². The third-order valence-electron chi connectivity index (χ3n) is 14.2. The average Bonchev–Trinajstić information content (AvgIpc) is 3.37. The van der Waals surface area contributed by atoms with E-state index in [1.165, 1.54) is 6.08 Å². The zero-order valence-electron chi connectivity index (χ0n) is 45.0. The van der Waals surface area contributed by atoms with Crippen molar-refractivity contribution in [1.82, 2.24) is 0 Å². The zero-order valence-corrected chi connectivity index (χ0v) is 45.0. The molecule has 0 radical (unpaired) electrons. The number of cyclic esters (lactones) is 1. The highest BCUT2D eigenvalue weighted by atomic mass is 16.7. The second-order valence-electron chi connectivity index (χ2n) is 21.0. The van der Waals surface area contributed by atoms with Gasteiger partial charge in [-0.3, -0.25) is 14.4 Å². The van der Waals surface area contributed by atoms with Gasteiger partial charge in [-0.1, -0.05) is 98.9 Å². The van der Waals surface area contributed by atoms with Crippen molar-refractivity contribution in [2.75, 3.05) is 19.0 Å². The molecule has 20 heteroatoms.